The maximum atomic E-state index is 4.61. The van der Waals surface area contributed by atoms with Gasteiger partial charge >= 0.3 is 0 Å². The Morgan fingerprint density at radius 3 is 2.26 bits per heavy atom. The van der Waals surface area contributed by atoms with E-state index in [9.17, 15) is 0 Å². The van der Waals surface area contributed by atoms with Gasteiger partial charge in [-0.25, -0.2) is 0 Å². The summed E-state index contributed by atoms with van der Waals surface area (Å²) in [4.78, 5) is 7.03. The van der Waals surface area contributed by atoms with Gasteiger partial charge in [-0.3, -0.25) is 4.98 Å². The average molecular weight is 263 g/mol. The molecule has 108 valence electrons. The van der Waals surface area contributed by atoms with Crippen molar-refractivity contribution in [1.82, 2.24) is 10.3 Å². The third kappa shape index (κ3) is 5.19. The van der Waals surface area contributed by atoms with E-state index in [4.69, 9.17) is 0 Å². The summed E-state index contributed by atoms with van der Waals surface area (Å²) in [5.41, 5.74) is 2.38. The summed E-state index contributed by atoms with van der Waals surface area (Å²) in [7, 11) is 0. The predicted molar refractivity (Wildman–Crippen MR) is 83.7 cm³/mol. The minimum absolute atomic E-state index is 0.333. The fourth-order valence-electron chi connectivity index (χ4n) is 2.22. The summed E-state index contributed by atoms with van der Waals surface area (Å²) in [6.45, 7) is 12.1. The van der Waals surface area contributed by atoms with Gasteiger partial charge in [0.15, 0.2) is 0 Å². The smallest absolute Gasteiger partial charge is 0.0572 e. The van der Waals surface area contributed by atoms with Gasteiger partial charge in [0.05, 0.1) is 17.6 Å². The van der Waals surface area contributed by atoms with Crippen LogP contribution in [-0.4, -0.2) is 24.6 Å². The molecule has 0 fully saturated rings. The predicted octanol–water partition coefficient (Wildman–Crippen LogP) is 3.77. The van der Waals surface area contributed by atoms with Crippen LogP contribution >= 0.6 is 0 Å². The van der Waals surface area contributed by atoms with E-state index in [-0.39, 0.29) is 0 Å². The molecular weight excluding hydrogens is 234 g/mol. The molecule has 1 heterocycles. The molecule has 1 rings (SSSR count). The number of nitrogens with one attached hydrogen (secondary N) is 1. The third-order valence-electron chi connectivity index (χ3n) is 3.27. The Bertz CT molecular complexity index is 328. The number of aromatic nitrogens is 1. The summed E-state index contributed by atoms with van der Waals surface area (Å²) in [5, 5.41) is 3.47. The number of hydrogen-bond acceptors (Lipinski definition) is 3. The molecule has 0 aliphatic rings. The Kier molecular flexibility index (Phi) is 7.49. The zero-order valence-corrected chi connectivity index (χ0v) is 12.9. The lowest BCUT2D eigenvalue weighted by atomic mass is 10.2. The van der Waals surface area contributed by atoms with E-state index < -0.39 is 0 Å². The van der Waals surface area contributed by atoms with Gasteiger partial charge in [-0.1, -0.05) is 20.8 Å². The zero-order chi connectivity index (χ0) is 14.1. The highest BCUT2D eigenvalue weighted by Gasteiger charge is 2.08. The Labute approximate surface area is 118 Å². The van der Waals surface area contributed by atoms with Gasteiger partial charge < -0.3 is 10.2 Å². The highest BCUT2D eigenvalue weighted by Crippen LogP contribution is 2.17. The van der Waals surface area contributed by atoms with Crippen LogP contribution in [0.15, 0.2) is 18.3 Å². The van der Waals surface area contributed by atoms with Gasteiger partial charge in [-0.05, 0) is 44.9 Å². The molecule has 1 N–H and O–H groups in total. The van der Waals surface area contributed by atoms with Crippen LogP contribution in [0.5, 0.6) is 0 Å². The van der Waals surface area contributed by atoms with Crippen molar-refractivity contribution in [2.45, 2.75) is 53.0 Å². The van der Waals surface area contributed by atoms with Crippen molar-refractivity contribution in [3.8, 4) is 0 Å². The minimum atomic E-state index is 0.333. The first-order valence-corrected chi connectivity index (χ1v) is 7.67. The molecule has 3 nitrogen and oxygen atoms in total. The van der Waals surface area contributed by atoms with Crippen LogP contribution in [0.3, 0.4) is 0 Å². The Morgan fingerprint density at radius 2 is 1.79 bits per heavy atom. The Hall–Kier alpha value is -1.09. The molecule has 0 radical (unpaired) electrons. The molecule has 0 amide bonds. The lowest BCUT2D eigenvalue weighted by Gasteiger charge is -2.24. The van der Waals surface area contributed by atoms with Gasteiger partial charge in [0.25, 0.3) is 0 Å². The van der Waals surface area contributed by atoms with Gasteiger partial charge in [-0.2, -0.15) is 0 Å². The van der Waals surface area contributed by atoms with Crippen LogP contribution in [0, 0.1) is 0 Å². The summed E-state index contributed by atoms with van der Waals surface area (Å²) in [6.07, 6.45) is 5.53. The van der Waals surface area contributed by atoms with Crippen LogP contribution in [0.4, 0.5) is 5.69 Å². The van der Waals surface area contributed by atoms with Crippen LogP contribution < -0.4 is 10.2 Å². The summed E-state index contributed by atoms with van der Waals surface area (Å²) in [5.74, 6) is 0. The van der Waals surface area contributed by atoms with Crippen LogP contribution in [-0.2, 0) is 0 Å². The standard InChI is InChI=1S/C16H29N3/c1-5-10-17-14(4)16-9-8-15(13-18-16)19(11-6-2)12-7-3/h8-9,13-14,17H,5-7,10-12H2,1-4H3. The number of anilines is 1. The molecule has 3 heteroatoms. The molecule has 1 unspecified atom stereocenters. The van der Waals surface area contributed by atoms with Crippen molar-refractivity contribution >= 4 is 5.69 Å². The second-order valence-electron chi connectivity index (χ2n) is 5.10. The molecular formula is C16H29N3. The summed E-state index contributed by atoms with van der Waals surface area (Å²) >= 11 is 0. The van der Waals surface area contributed by atoms with E-state index in [1.165, 1.54) is 18.5 Å². The molecule has 0 saturated heterocycles. The highest BCUT2D eigenvalue weighted by molar-refractivity contribution is 5.44. The minimum Gasteiger partial charge on any atom is -0.370 e. The van der Waals surface area contributed by atoms with E-state index in [1.54, 1.807) is 0 Å². The first-order valence-electron chi connectivity index (χ1n) is 7.67. The van der Waals surface area contributed by atoms with Crippen molar-refractivity contribution in [2.24, 2.45) is 0 Å². The number of hydrogen-bond donors (Lipinski definition) is 1. The first-order chi connectivity index (χ1) is 9.22. The highest BCUT2D eigenvalue weighted by atomic mass is 15.1. The maximum absolute atomic E-state index is 4.61. The Balaban J connectivity index is 2.67. The van der Waals surface area contributed by atoms with Gasteiger partial charge in [0.2, 0.25) is 0 Å². The quantitative estimate of drug-likeness (QED) is 0.735. The average Bonchev–Trinajstić information content (AvgIpc) is 2.44. The van der Waals surface area contributed by atoms with E-state index >= 15 is 0 Å². The van der Waals surface area contributed by atoms with Crippen molar-refractivity contribution in [2.75, 3.05) is 24.5 Å². The van der Waals surface area contributed by atoms with E-state index in [0.717, 1.165) is 31.7 Å². The largest absolute Gasteiger partial charge is 0.370 e. The third-order valence-corrected chi connectivity index (χ3v) is 3.27. The molecule has 1 aromatic heterocycles. The number of pyridine rings is 1. The van der Waals surface area contributed by atoms with E-state index in [0.29, 0.717) is 6.04 Å². The molecule has 0 aliphatic heterocycles. The fourth-order valence-corrected chi connectivity index (χ4v) is 2.22. The van der Waals surface area contributed by atoms with E-state index in [2.05, 4.69) is 55.0 Å². The molecule has 0 saturated carbocycles. The molecule has 1 aromatic rings. The van der Waals surface area contributed by atoms with Crippen LogP contribution in [0.2, 0.25) is 0 Å². The van der Waals surface area contributed by atoms with Crippen molar-refractivity contribution < 1.29 is 0 Å². The molecule has 0 aliphatic carbocycles. The first kappa shape index (κ1) is 16.0. The topological polar surface area (TPSA) is 28.2 Å². The van der Waals surface area contributed by atoms with E-state index in [1.807, 2.05) is 6.20 Å². The fraction of sp³-hybridized carbons (Fsp3) is 0.688. The number of rotatable bonds is 9. The second kappa shape index (κ2) is 8.92. The lowest BCUT2D eigenvalue weighted by molar-refractivity contribution is 0.558. The van der Waals surface area contributed by atoms with Gasteiger partial charge in [0, 0.05) is 19.1 Å². The van der Waals surface area contributed by atoms with Crippen LogP contribution in [0.1, 0.15) is 58.7 Å². The lowest BCUT2D eigenvalue weighted by Crippen LogP contribution is -2.25. The normalized spacial score (nSPS) is 12.4. The SMILES string of the molecule is CCCNC(C)c1ccc(N(CCC)CCC)cn1. The zero-order valence-electron chi connectivity index (χ0n) is 12.9. The van der Waals surface area contributed by atoms with Crippen molar-refractivity contribution in [3.63, 3.8) is 0 Å². The van der Waals surface area contributed by atoms with Crippen molar-refractivity contribution in [3.05, 3.63) is 24.0 Å². The van der Waals surface area contributed by atoms with Crippen LogP contribution in [0.25, 0.3) is 0 Å². The Morgan fingerprint density at radius 1 is 1.11 bits per heavy atom. The second-order valence-corrected chi connectivity index (χ2v) is 5.10. The molecule has 0 bridgehead atoms. The van der Waals surface area contributed by atoms with Gasteiger partial charge in [0.1, 0.15) is 0 Å². The monoisotopic (exact) mass is 263 g/mol. The number of nitrogens with zero attached hydrogens (tertiary/aromatic N) is 2. The maximum Gasteiger partial charge on any atom is 0.0572 e. The molecule has 0 aromatic carbocycles. The van der Waals surface area contributed by atoms with Gasteiger partial charge in [-0.15, -0.1) is 0 Å². The summed E-state index contributed by atoms with van der Waals surface area (Å²) in [6, 6.07) is 4.69. The van der Waals surface area contributed by atoms with Crippen molar-refractivity contribution in [1.29, 1.82) is 0 Å². The molecule has 1 atom stereocenters. The molecule has 0 spiro atoms. The summed E-state index contributed by atoms with van der Waals surface area (Å²) < 4.78 is 0. The molecule has 19 heavy (non-hydrogen) atoms.